The molecule has 0 amide bonds. The Morgan fingerprint density at radius 2 is 1.62 bits per heavy atom. The van der Waals surface area contributed by atoms with Crippen molar-refractivity contribution in [3.63, 3.8) is 0 Å². The zero-order valence-electron chi connectivity index (χ0n) is 37.2. The Labute approximate surface area is 350 Å². The normalized spacial score (nSPS) is 41.8. The monoisotopic (exact) mass is 812 g/mol. The highest BCUT2D eigenvalue weighted by molar-refractivity contribution is 5.95. The van der Waals surface area contributed by atoms with Crippen molar-refractivity contribution in [3.05, 3.63) is 72.7 Å². The number of hydrogen-bond acceptors (Lipinski definition) is 10. The Morgan fingerprint density at radius 1 is 0.948 bits per heavy atom. The van der Waals surface area contributed by atoms with E-state index in [0.29, 0.717) is 61.3 Å². The maximum Gasteiger partial charge on any atom is 0.197 e. The number of carbonyl (C=O) groups is 1. The average molecular weight is 812 g/mol. The van der Waals surface area contributed by atoms with Crippen molar-refractivity contribution < 1.29 is 43.8 Å². The number of aliphatic hydroxyl groups excluding tert-OH is 2. The van der Waals surface area contributed by atoms with Crippen LogP contribution in [0.3, 0.4) is 0 Å². The van der Waals surface area contributed by atoms with Gasteiger partial charge in [0.25, 0.3) is 0 Å². The molecule has 58 heavy (non-hydrogen) atoms. The average Bonchev–Trinajstić information content (AvgIpc) is 3.19. The summed E-state index contributed by atoms with van der Waals surface area (Å²) in [7, 11) is 4.98. The van der Waals surface area contributed by atoms with E-state index in [4.69, 9.17) is 23.7 Å². The Morgan fingerprint density at radius 3 is 2.26 bits per heavy atom. The number of ether oxygens (including phenoxy) is 5. The van der Waals surface area contributed by atoms with Crippen LogP contribution < -0.4 is 0 Å². The number of nitrogens with zero attached hydrogens (tertiary/aromatic N) is 1. The number of Topliss-reactive ketones (excluding diaryl/α,β-unsaturated/α-hetero) is 1. The Hall–Kier alpha value is -2.57. The summed E-state index contributed by atoms with van der Waals surface area (Å²) in [6.45, 7) is 30.2. The zero-order valence-corrected chi connectivity index (χ0v) is 37.2. The van der Waals surface area contributed by atoms with Gasteiger partial charge in [-0.15, -0.1) is 6.58 Å². The van der Waals surface area contributed by atoms with Crippen molar-refractivity contribution in [2.24, 2.45) is 29.6 Å². The van der Waals surface area contributed by atoms with E-state index in [1.54, 1.807) is 27.4 Å². The summed E-state index contributed by atoms with van der Waals surface area (Å²) in [6, 6.07) is -0.298. The van der Waals surface area contributed by atoms with Gasteiger partial charge >= 0.3 is 0 Å². The number of hydrogen-bond donors (Lipinski definition) is 3. The topological polar surface area (TPSA) is 127 Å². The van der Waals surface area contributed by atoms with E-state index in [-0.39, 0.29) is 54.1 Å². The lowest BCUT2D eigenvalue weighted by Crippen LogP contribution is -2.65. The molecule has 10 heteroatoms. The van der Waals surface area contributed by atoms with Crippen LogP contribution in [0.25, 0.3) is 0 Å². The smallest absolute Gasteiger partial charge is 0.197 e. The molecule has 0 aromatic carbocycles. The van der Waals surface area contributed by atoms with E-state index in [0.717, 1.165) is 37.7 Å². The molecule has 0 spiro atoms. The fourth-order valence-corrected chi connectivity index (χ4v) is 10.2. The molecule has 14 atom stereocenters. The predicted molar refractivity (Wildman–Crippen MR) is 230 cm³/mol. The molecule has 3 aliphatic heterocycles. The van der Waals surface area contributed by atoms with E-state index in [1.165, 1.54) is 0 Å². The maximum absolute atomic E-state index is 14.0. The van der Waals surface area contributed by atoms with Crippen molar-refractivity contribution >= 4 is 5.78 Å². The highest BCUT2D eigenvalue weighted by Crippen LogP contribution is 2.48. The molecule has 2 bridgehead atoms. The van der Waals surface area contributed by atoms with Crippen LogP contribution in [0.4, 0.5) is 0 Å². The second-order valence-electron chi connectivity index (χ2n) is 18.3. The van der Waals surface area contributed by atoms with E-state index < -0.39 is 41.7 Å². The van der Waals surface area contributed by atoms with Crippen LogP contribution in [-0.2, 0) is 28.5 Å². The van der Waals surface area contributed by atoms with Crippen LogP contribution in [0.15, 0.2) is 72.7 Å². The van der Waals surface area contributed by atoms with Crippen LogP contribution in [0, 0.1) is 29.6 Å². The van der Waals surface area contributed by atoms with Gasteiger partial charge in [-0.05, 0) is 107 Å². The van der Waals surface area contributed by atoms with Gasteiger partial charge in [-0.2, -0.15) is 0 Å². The van der Waals surface area contributed by atoms with Crippen LogP contribution >= 0.6 is 0 Å². The number of carbonyl (C=O) groups excluding carboxylic acids is 1. The molecular weight excluding hydrogens is 735 g/mol. The lowest BCUT2D eigenvalue weighted by molar-refractivity contribution is -0.341. The van der Waals surface area contributed by atoms with Crippen molar-refractivity contribution in [3.8, 4) is 0 Å². The molecule has 0 aromatic heterocycles. The standard InChI is InChI=1S/C48H77NO9/c1-14-17-38-23-29(2)22-30(3)24-44(55-12)47(10)45(56-13)26-32(5)48(53,58-47)34(7)35(8)49-21-16-15-18-39(49)36(9)57-46(33(6)41(51)28-42(38)52)31(4)25-37-19-20-40(50)43(27-37)54-11/h14,23,25,29-30,32-33,37,39-41,43-46,50-51,53H,1,7-9,15-22,24,26-28H2,2-6,10-13H3/b31-25?,38-23+. The third-order valence-electron chi connectivity index (χ3n) is 13.9. The van der Waals surface area contributed by atoms with Gasteiger partial charge in [-0.25, -0.2) is 0 Å². The van der Waals surface area contributed by atoms with E-state index in [9.17, 15) is 20.1 Å². The SMILES string of the molecule is C=CC/C1=C\C(C)CC(C)CC(OC)C2(C)OC(O)(C(=C)C(=C)N3CCCCC3C(=C)OC(C(C)=CC3CCC(O)C(OC)C3)C(C)C(O)CC1=O)C(C)CC2OC. The summed E-state index contributed by atoms with van der Waals surface area (Å²) >= 11 is 0. The van der Waals surface area contributed by atoms with E-state index in [1.807, 2.05) is 33.8 Å². The highest BCUT2D eigenvalue weighted by Gasteiger charge is 2.58. The number of methoxy groups -OCH3 is 3. The first-order chi connectivity index (χ1) is 27.3. The lowest BCUT2D eigenvalue weighted by atomic mass is 9.74. The first-order valence-electron chi connectivity index (χ1n) is 21.8. The fraction of sp³-hybridized carbons (Fsp3) is 0.729. The summed E-state index contributed by atoms with van der Waals surface area (Å²) in [6.07, 6.45) is 9.67. The molecule has 4 aliphatic rings. The third kappa shape index (κ3) is 10.8. The summed E-state index contributed by atoms with van der Waals surface area (Å²) in [5.74, 6) is -1.90. The summed E-state index contributed by atoms with van der Waals surface area (Å²) < 4.78 is 31.7. The van der Waals surface area contributed by atoms with Crippen molar-refractivity contribution in [1.82, 2.24) is 4.90 Å². The number of aliphatic hydroxyl groups is 3. The Bertz CT molecular complexity index is 1520. The zero-order chi connectivity index (χ0) is 43.1. The van der Waals surface area contributed by atoms with Crippen LogP contribution in [0.1, 0.15) is 112 Å². The second-order valence-corrected chi connectivity index (χ2v) is 18.3. The molecule has 1 aliphatic carbocycles. The molecular formula is C48H77NO9. The van der Waals surface area contributed by atoms with Crippen molar-refractivity contribution in [2.75, 3.05) is 27.9 Å². The Balaban J connectivity index is 1.80. The molecule has 1 saturated carbocycles. The number of piperidine rings is 1. The molecule has 10 nitrogen and oxygen atoms in total. The number of rotatable bonds is 7. The minimum absolute atomic E-state index is 0.0420. The molecule has 4 rings (SSSR count). The highest BCUT2D eigenvalue weighted by atomic mass is 16.7. The second kappa shape index (κ2) is 20.8. The summed E-state index contributed by atoms with van der Waals surface area (Å²) in [5, 5.41) is 35.0. The minimum Gasteiger partial charge on any atom is -0.488 e. The molecule has 0 radical (unpaired) electrons. The molecule has 3 N–H and O–H groups in total. The summed E-state index contributed by atoms with van der Waals surface area (Å²) in [5.41, 5.74) is 1.44. The fourth-order valence-electron chi connectivity index (χ4n) is 10.2. The van der Waals surface area contributed by atoms with Gasteiger partial charge in [-0.3, -0.25) is 4.79 Å². The molecule has 3 fully saturated rings. The van der Waals surface area contributed by atoms with E-state index in [2.05, 4.69) is 51.1 Å². The maximum atomic E-state index is 14.0. The number of allylic oxidation sites excluding steroid dienone is 4. The van der Waals surface area contributed by atoms with Gasteiger partial charge in [0.15, 0.2) is 11.6 Å². The first kappa shape index (κ1) is 48.1. The Kier molecular flexibility index (Phi) is 17.3. The van der Waals surface area contributed by atoms with Crippen LogP contribution in [0.2, 0.25) is 0 Å². The van der Waals surface area contributed by atoms with Gasteiger partial charge in [-0.1, -0.05) is 65.7 Å². The van der Waals surface area contributed by atoms with Crippen LogP contribution in [-0.4, -0.2) is 108 Å². The first-order valence-corrected chi connectivity index (χ1v) is 21.8. The van der Waals surface area contributed by atoms with Gasteiger partial charge in [0.2, 0.25) is 0 Å². The van der Waals surface area contributed by atoms with E-state index >= 15 is 0 Å². The summed E-state index contributed by atoms with van der Waals surface area (Å²) in [4.78, 5) is 16.1. The molecule has 2 saturated heterocycles. The van der Waals surface area contributed by atoms with Crippen molar-refractivity contribution in [1.29, 1.82) is 0 Å². The molecule has 3 heterocycles. The lowest BCUT2D eigenvalue weighted by Gasteiger charge is -2.55. The third-order valence-corrected chi connectivity index (χ3v) is 13.9. The largest absolute Gasteiger partial charge is 0.488 e. The van der Waals surface area contributed by atoms with Gasteiger partial charge in [0.1, 0.15) is 17.5 Å². The van der Waals surface area contributed by atoms with Gasteiger partial charge in [0.05, 0.1) is 36.6 Å². The van der Waals surface area contributed by atoms with Gasteiger partial charge in [0, 0.05) is 57.4 Å². The minimum atomic E-state index is -1.77. The van der Waals surface area contributed by atoms with Gasteiger partial charge < -0.3 is 43.9 Å². The molecule has 0 aromatic rings. The molecule has 14 unspecified atom stereocenters. The molecule has 328 valence electrons. The predicted octanol–water partition coefficient (Wildman–Crippen LogP) is 7.99. The van der Waals surface area contributed by atoms with Crippen LogP contribution in [0.5, 0.6) is 0 Å². The van der Waals surface area contributed by atoms with Crippen molar-refractivity contribution in [2.45, 2.75) is 166 Å². The number of fused-ring (bicyclic) bond motifs is 3. The number of ketones is 1. The quantitative estimate of drug-likeness (QED) is 0.218.